The van der Waals surface area contributed by atoms with Crippen LogP contribution in [0.2, 0.25) is 15.1 Å². The molecule has 0 spiro atoms. The highest BCUT2D eigenvalue weighted by Gasteiger charge is 2.33. The van der Waals surface area contributed by atoms with Crippen molar-refractivity contribution in [1.29, 1.82) is 0 Å². The molecule has 0 unspecified atom stereocenters. The first-order valence-electron chi connectivity index (χ1n) is 7.22. The van der Waals surface area contributed by atoms with Crippen LogP contribution in [0.3, 0.4) is 0 Å². The third-order valence-electron chi connectivity index (χ3n) is 3.89. The Morgan fingerprint density at radius 3 is 2.52 bits per heavy atom. The maximum Gasteiger partial charge on any atom is 0.341 e. The molecule has 0 aromatic heterocycles. The number of nitroso groups, excluding NO2 is 1. The fourth-order valence-electron chi connectivity index (χ4n) is 2.89. The van der Waals surface area contributed by atoms with Gasteiger partial charge in [0.25, 0.3) is 0 Å². The molecule has 0 saturated carbocycles. The Morgan fingerprint density at radius 1 is 1.12 bits per heavy atom. The van der Waals surface area contributed by atoms with E-state index in [1.165, 1.54) is 0 Å². The maximum absolute atomic E-state index is 12.4. The van der Waals surface area contributed by atoms with E-state index in [0.717, 1.165) is 27.3 Å². The molecule has 25 heavy (non-hydrogen) atoms. The van der Waals surface area contributed by atoms with E-state index in [4.69, 9.17) is 46.4 Å². The van der Waals surface area contributed by atoms with Crippen LogP contribution in [0.4, 0.5) is 4.79 Å². The molecular formula is C16H11Cl4N3O2. The summed E-state index contributed by atoms with van der Waals surface area (Å²) in [6.45, 7) is -0.00479. The van der Waals surface area contributed by atoms with Gasteiger partial charge in [0, 0.05) is 21.5 Å². The third-order valence-corrected chi connectivity index (χ3v) is 4.81. The monoisotopic (exact) mass is 417 g/mol. The van der Waals surface area contributed by atoms with E-state index < -0.39 is 12.1 Å². The predicted octanol–water partition coefficient (Wildman–Crippen LogP) is 5.65. The van der Waals surface area contributed by atoms with E-state index >= 15 is 0 Å². The molecule has 1 aliphatic rings. The minimum atomic E-state index is -0.671. The van der Waals surface area contributed by atoms with E-state index in [1.807, 2.05) is 6.07 Å². The molecule has 2 aromatic rings. The summed E-state index contributed by atoms with van der Waals surface area (Å²) < 4.78 is 0. The van der Waals surface area contributed by atoms with Crippen molar-refractivity contribution < 1.29 is 4.79 Å². The molecule has 0 heterocycles. The number of fused-ring (bicyclic) bond motifs is 3. The fourth-order valence-corrected chi connectivity index (χ4v) is 3.84. The molecule has 0 fully saturated rings. The number of halogens is 4. The van der Waals surface area contributed by atoms with Crippen LogP contribution >= 0.6 is 46.4 Å². The first-order chi connectivity index (χ1) is 12.0. The number of nitrogens with zero attached hydrogens (tertiary/aromatic N) is 2. The quantitative estimate of drug-likeness (QED) is 0.396. The molecule has 1 aliphatic carbocycles. The van der Waals surface area contributed by atoms with Crippen LogP contribution in [0.1, 0.15) is 17.2 Å². The van der Waals surface area contributed by atoms with Gasteiger partial charge in [-0.15, -0.1) is 16.5 Å². The highest BCUT2D eigenvalue weighted by atomic mass is 35.5. The number of carbonyl (C=O) groups is 1. The molecule has 0 aliphatic heterocycles. The lowest BCUT2D eigenvalue weighted by Crippen LogP contribution is -2.39. The normalized spacial score (nSPS) is 14.6. The van der Waals surface area contributed by atoms with Gasteiger partial charge >= 0.3 is 6.03 Å². The SMILES string of the molecule is O=NN(CCCl)C(=O)N[C@@H]1c2cc(Cl)ccc2-c2c(Cl)cc(Cl)cc21. The van der Waals surface area contributed by atoms with Crippen LogP contribution in [0.25, 0.3) is 11.1 Å². The van der Waals surface area contributed by atoms with Crippen molar-refractivity contribution in [3.8, 4) is 11.1 Å². The van der Waals surface area contributed by atoms with Gasteiger partial charge in [0.2, 0.25) is 0 Å². The van der Waals surface area contributed by atoms with Gasteiger partial charge in [-0.3, -0.25) is 0 Å². The topological polar surface area (TPSA) is 61.8 Å². The number of hydrogen-bond acceptors (Lipinski definition) is 3. The zero-order chi connectivity index (χ0) is 18.1. The number of amides is 2. The molecule has 9 heteroatoms. The second-order valence-electron chi connectivity index (χ2n) is 5.36. The summed E-state index contributed by atoms with van der Waals surface area (Å²) in [6.07, 6.45) is 0. The van der Waals surface area contributed by atoms with Gasteiger partial charge in [0.1, 0.15) is 0 Å². The molecule has 2 aromatic carbocycles. The zero-order valence-corrected chi connectivity index (χ0v) is 15.6. The molecular weight excluding hydrogens is 408 g/mol. The van der Waals surface area contributed by atoms with E-state index in [2.05, 4.69) is 10.6 Å². The Morgan fingerprint density at radius 2 is 1.84 bits per heavy atom. The van der Waals surface area contributed by atoms with E-state index in [0.29, 0.717) is 15.1 Å². The van der Waals surface area contributed by atoms with Gasteiger partial charge in [-0.1, -0.05) is 40.9 Å². The number of hydrogen-bond donors (Lipinski definition) is 1. The lowest BCUT2D eigenvalue weighted by atomic mass is 10.1. The summed E-state index contributed by atoms with van der Waals surface area (Å²) in [6, 6.07) is 7.44. The summed E-state index contributed by atoms with van der Waals surface area (Å²) in [5, 5.41) is 7.60. The van der Waals surface area contributed by atoms with Crippen LogP contribution in [-0.4, -0.2) is 23.5 Å². The van der Waals surface area contributed by atoms with Crippen molar-refractivity contribution in [1.82, 2.24) is 10.3 Å². The molecule has 2 amide bonds. The molecule has 0 saturated heterocycles. The van der Waals surface area contributed by atoms with E-state index in [1.54, 1.807) is 24.3 Å². The van der Waals surface area contributed by atoms with Crippen LogP contribution in [-0.2, 0) is 0 Å². The fraction of sp³-hybridized carbons (Fsp3) is 0.188. The highest BCUT2D eigenvalue weighted by molar-refractivity contribution is 6.37. The average molecular weight is 419 g/mol. The van der Waals surface area contributed by atoms with Crippen molar-refractivity contribution in [2.75, 3.05) is 12.4 Å². The van der Waals surface area contributed by atoms with Crippen LogP contribution in [0.5, 0.6) is 0 Å². The Balaban J connectivity index is 2.07. The first-order valence-corrected chi connectivity index (χ1v) is 8.89. The number of alkyl halides is 1. The minimum absolute atomic E-state index is 0.00479. The van der Waals surface area contributed by atoms with Crippen LogP contribution < -0.4 is 5.32 Å². The molecule has 1 N–H and O–H groups in total. The van der Waals surface area contributed by atoms with Crippen LogP contribution in [0, 0.1) is 4.91 Å². The van der Waals surface area contributed by atoms with Crippen molar-refractivity contribution in [2.45, 2.75) is 6.04 Å². The summed E-state index contributed by atoms with van der Waals surface area (Å²) in [5.74, 6) is 0.0838. The summed E-state index contributed by atoms with van der Waals surface area (Å²) >= 11 is 24.2. The molecule has 3 rings (SSSR count). The number of carbonyl (C=O) groups excluding carboxylic acids is 1. The second-order valence-corrected chi connectivity index (χ2v) is 7.02. The number of nitrogens with one attached hydrogen (secondary N) is 1. The largest absolute Gasteiger partial charge is 0.341 e. The van der Waals surface area contributed by atoms with Crippen molar-refractivity contribution in [3.63, 3.8) is 0 Å². The van der Waals surface area contributed by atoms with Gasteiger partial charge in [-0.25, -0.2) is 4.79 Å². The Hall–Kier alpha value is -1.53. The Labute approximate surface area is 163 Å². The second kappa shape index (κ2) is 7.38. The maximum atomic E-state index is 12.4. The number of urea groups is 1. The third kappa shape index (κ3) is 3.42. The highest BCUT2D eigenvalue weighted by Crippen LogP contribution is 2.48. The van der Waals surface area contributed by atoms with Crippen molar-refractivity contribution in [2.24, 2.45) is 5.29 Å². The molecule has 5 nitrogen and oxygen atoms in total. The Bertz CT molecular complexity index is 860. The minimum Gasteiger partial charge on any atom is -0.325 e. The van der Waals surface area contributed by atoms with Gasteiger partial charge in [0.15, 0.2) is 0 Å². The predicted molar refractivity (Wildman–Crippen MR) is 101 cm³/mol. The first kappa shape index (κ1) is 18.3. The smallest absolute Gasteiger partial charge is 0.325 e. The molecule has 130 valence electrons. The van der Waals surface area contributed by atoms with Crippen molar-refractivity contribution >= 4 is 52.4 Å². The summed E-state index contributed by atoms with van der Waals surface area (Å²) in [7, 11) is 0. The summed E-state index contributed by atoms with van der Waals surface area (Å²) in [4.78, 5) is 23.2. The lowest BCUT2D eigenvalue weighted by molar-refractivity contribution is 0.200. The van der Waals surface area contributed by atoms with Gasteiger partial charge in [-0.05, 0) is 41.0 Å². The zero-order valence-electron chi connectivity index (χ0n) is 12.6. The van der Waals surface area contributed by atoms with E-state index in [-0.39, 0.29) is 12.4 Å². The number of rotatable bonds is 4. The Kier molecular flexibility index (Phi) is 5.39. The summed E-state index contributed by atoms with van der Waals surface area (Å²) in [5.41, 5.74) is 3.09. The van der Waals surface area contributed by atoms with Gasteiger partial charge in [-0.2, -0.15) is 5.01 Å². The average Bonchev–Trinajstić information content (AvgIpc) is 2.86. The van der Waals surface area contributed by atoms with Gasteiger partial charge < -0.3 is 5.32 Å². The number of benzene rings is 2. The standard InChI is InChI=1S/C16H11Cl4N3O2/c17-3-4-23(22-25)16(24)21-15-11-5-8(18)1-2-10(11)14-12(15)6-9(19)7-13(14)20/h1-2,5-7,15H,3-4H2,(H,21,24)/t15-/m1/s1. The molecule has 1 atom stereocenters. The molecule has 0 radical (unpaired) electrons. The van der Waals surface area contributed by atoms with E-state index in [9.17, 15) is 9.70 Å². The molecule has 0 bridgehead atoms. The lowest BCUT2D eigenvalue weighted by Gasteiger charge is -2.19. The van der Waals surface area contributed by atoms with Gasteiger partial charge in [0.05, 0.1) is 22.9 Å². The van der Waals surface area contributed by atoms with Crippen molar-refractivity contribution in [3.05, 3.63) is 61.4 Å². The van der Waals surface area contributed by atoms with Crippen LogP contribution in [0.15, 0.2) is 35.6 Å².